The van der Waals surface area contributed by atoms with E-state index in [1.54, 1.807) is 62.5 Å². The number of halogens is 1. The van der Waals surface area contributed by atoms with Gasteiger partial charge in [0.2, 0.25) is 0 Å². The molecule has 2 aliphatic heterocycles. The lowest BCUT2D eigenvalue weighted by Gasteiger charge is -2.36. The first-order valence-corrected chi connectivity index (χ1v) is 14.4. The predicted molar refractivity (Wildman–Crippen MR) is 166 cm³/mol. The molecule has 1 aromatic heterocycles. The Balaban J connectivity index is 1.72. The summed E-state index contributed by atoms with van der Waals surface area (Å²) in [6.45, 7) is 7.81. The molecule has 1 spiro atoms. The summed E-state index contributed by atoms with van der Waals surface area (Å²) >= 11 is 6.36. The number of nitrogens with one attached hydrogen (secondary N) is 1. The first kappa shape index (κ1) is 28.5. The maximum atomic E-state index is 14.6. The van der Waals surface area contributed by atoms with E-state index in [0.29, 0.717) is 50.4 Å². The second-order valence-electron chi connectivity index (χ2n) is 11.5. The lowest BCUT2D eigenvalue weighted by atomic mass is 9.86. The molecule has 0 fully saturated rings. The number of nitrogens with zero attached hydrogens (tertiary/aromatic N) is 4. The fraction of sp³-hybridized carbons (Fsp3) is 0.273. The summed E-state index contributed by atoms with van der Waals surface area (Å²) in [4.78, 5) is 50.0. The maximum Gasteiger partial charge on any atom is 0.280 e. The van der Waals surface area contributed by atoms with Crippen LogP contribution in [0.25, 0.3) is 11.4 Å². The summed E-state index contributed by atoms with van der Waals surface area (Å²) < 4.78 is 7.64. The van der Waals surface area contributed by atoms with E-state index in [0.717, 1.165) is 11.1 Å². The molecule has 10 heteroatoms. The van der Waals surface area contributed by atoms with Crippen molar-refractivity contribution in [3.8, 4) is 17.1 Å². The highest BCUT2D eigenvalue weighted by molar-refractivity contribution is 6.31. The van der Waals surface area contributed by atoms with Crippen molar-refractivity contribution in [3.63, 3.8) is 0 Å². The largest absolute Gasteiger partial charge is 0.496 e. The van der Waals surface area contributed by atoms with Crippen molar-refractivity contribution in [2.24, 2.45) is 0 Å². The van der Waals surface area contributed by atoms with Gasteiger partial charge < -0.3 is 19.5 Å². The molecule has 3 amide bonds. The van der Waals surface area contributed by atoms with Crippen LogP contribution in [0.5, 0.6) is 5.75 Å². The van der Waals surface area contributed by atoms with Crippen LogP contribution in [0.15, 0.2) is 54.6 Å². The van der Waals surface area contributed by atoms with Crippen molar-refractivity contribution in [1.29, 1.82) is 0 Å². The fourth-order valence-corrected chi connectivity index (χ4v) is 6.41. The second kappa shape index (κ2) is 9.98. The molecule has 3 heterocycles. The summed E-state index contributed by atoms with van der Waals surface area (Å²) in [6, 6.07) is 15.9. The van der Waals surface area contributed by atoms with E-state index in [1.165, 1.54) is 4.90 Å². The average molecular weight is 598 g/mol. The smallest absolute Gasteiger partial charge is 0.280 e. The minimum absolute atomic E-state index is 0.161. The number of amides is 3. The molecule has 1 N–H and O–H groups in total. The first-order valence-electron chi connectivity index (χ1n) is 14.0. The van der Waals surface area contributed by atoms with Gasteiger partial charge >= 0.3 is 0 Å². The van der Waals surface area contributed by atoms with Gasteiger partial charge in [-0.25, -0.2) is 4.98 Å². The molecule has 6 rings (SSSR count). The molecule has 1 unspecified atom stereocenters. The maximum absolute atomic E-state index is 14.6. The van der Waals surface area contributed by atoms with E-state index in [1.807, 2.05) is 50.5 Å². The van der Waals surface area contributed by atoms with Gasteiger partial charge in [-0.15, -0.1) is 0 Å². The molecular formula is C33H32ClN5O4. The van der Waals surface area contributed by atoms with Crippen LogP contribution in [-0.2, 0) is 10.3 Å². The van der Waals surface area contributed by atoms with E-state index in [9.17, 15) is 14.4 Å². The summed E-state index contributed by atoms with van der Waals surface area (Å²) in [5.74, 6) is -0.0595. The Hall–Kier alpha value is -4.63. The third-order valence-electron chi connectivity index (χ3n) is 8.16. The zero-order chi connectivity index (χ0) is 31.0. The summed E-state index contributed by atoms with van der Waals surface area (Å²) in [5, 5.41) is 3.47. The number of aromatic nitrogens is 2. The highest BCUT2D eigenvalue weighted by atomic mass is 35.5. The zero-order valence-corrected chi connectivity index (χ0v) is 25.8. The van der Waals surface area contributed by atoms with Gasteiger partial charge in [0, 0.05) is 47.7 Å². The summed E-state index contributed by atoms with van der Waals surface area (Å²) in [6.07, 6.45) is 0. The van der Waals surface area contributed by atoms with Crippen LogP contribution < -0.4 is 15.0 Å². The molecule has 43 heavy (non-hydrogen) atoms. The van der Waals surface area contributed by atoms with Gasteiger partial charge in [0.15, 0.2) is 11.2 Å². The quantitative estimate of drug-likeness (QED) is 0.306. The summed E-state index contributed by atoms with van der Waals surface area (Å²) in [5.41, 5.74) is 3.56. The normalized spacial score (nSPS) is 17.0. The highest BCUT2D eigenvalue weighted by Crippen LogP contribution is 2.55. The second-order valence-corrected chi connectivity index (χ2v) is 11.9. The van der Waals surface area contributed by atoms with Crippen molar-refractivity contribution < 1.29 is 19.1 Å². The van der Waals surface area contributed by atoms with Crippen molar-refractivity contribution in [1.82, 2.24) is 14.5 Å². The molecule has 0 saturated carbocycles. The van der Waals surface area contributed by atoms with Crippen LogP contribution in [0.4, 0.5) is 11.4 Å². The number of fused-ring (bicyclic) bond motifs is 4. The SMILES string of the molecule is COc1ccc(C(=O)N(C)C)cc1-c1nc2c(n1C(C)C)C1(C(=O)Nc3cc(Cl)ccc31)N(c1cc(C)ccc1C)C2=O. The van der Waals surface area contributed by atoms with Gasteiger partial charge in [0.05, 0.1) is 18.4 Å². The zero-order valence-electron chi connectivity index (χ0n) is 25.1. The molecule has 4 aromatic rings. The number of hydrogen-bond acceptors (Lipinski definition) is 5. The van der Waals surface area contributed by atoms with E-state index >= 15 is 0 Å². The monoisotopic (exact) mass is 597 g/mol. The standard InChI is InChI=1S/C33H32ClN5O4/c1-17(2)38-28-27(36-29(38)22-15-20(30(40)37(5)6)10-13-26(22)43-7)31(41)39(25-14-18(3)8-9-19(25)4)33(28)23-12-11-21(34)16-24(23)35-32(33)42/h8-17H,1-7H3,(H,35,42). The Morgan fingerprint density at radius 3 is 2.47 bits per heavy atom. The van der Waals surface area contributed by atoms with Crippen LogP contribution in [0, 0.1) is 13.8 Å². The molecule has 2 aliphatic rings. The molecule has 0 aliphatic carbocycles. The Bertz CT molecular complexity index is 1860. The Morgan fingerprint density at radius 2 is 1.79 bits per heavy atom. The highest BCUT2D eigenvalue weighted by Gasteiger charge is 2.64. The van der Waals surface area contributed by atoms with E-state index in [2.05, 4.69) is 5.32 Å². The molecule has 0 bridgehead atoms. The van der Waals surface area contributed by atoms with Crippen LogP contribution in [0.1, 0.15) is 63.1 Å². The van der Waals surface area contributed by atoms with Crippen molar-refractivity contribution in [3.05, 3.63) is 93.3 Å². The van der Waals surface area contributed by atoms with Crippen LogP contribution in [0.2, 0.25) is 5.02 Å². The van der Waals surface area contributed by atoms with E-state index in [4.69, 9.17) is 21.3 Å². The fourth-order valence-electron chi connectivity index (χ4n) is 6.24. The molecule has 9 nitrogen and oxygen atoms in total. The number of ether oxygens (including phenoxy) is 1. The number of benzene rings is 3. The van der Waals surface area contributed by atoms with Crippen LogP contribution >= 0.6 is 11.6 Å². The number of aryl methyl sites for hydroxylation is 2. The van der Waals surface area contributed by atoms with Gasteiger partial charge in [-0.1, -0.05) is 29.8 Å². The average Bonchev–Trinajstić information content (AvgIpc) is 3.57. The third-order valence-corrected chi connectivity index (χ3v) is 8.39. The van der Waals surface area contributed by atoms with E-state index in [-0.39, 0.29) is 23.6 Å². The molecule has 3 aromatic carbocycles. The van der Waals surface area contributed by atoms with Crippen LogP contribution in [0.3, 0.4) is 0 Å². The van der Waals surface area contributed by atoms with Gasteiger partial charge in [-0.05, 0) is 75.2 Å². The minimum Gasteiger partial charge on any atom is -0.496 e. The van der Waals surface area contributed by atoms with E-state index < -0.39 is 11.4 Å². The third kappa shape index (κ3) is 3.98. The van der Waals surface area contributed by atoms with Crippen LogP contribution in [-0.4, -0.2) is 53.4 Å². The van der Waals surface area contributed by atoms with Gasteiger partial charge in [-0.2, -0.15) is 0 Å². The topological polar surface area (TPSA) is 96.8 Å². The van der Waals surface area contributed by atoms with Crippen molar-refractivity contribution in [2.45, 2.75) is 39.3 Å². The number of carbonyl (C=O) groups excluding carboxylic acids is 3. The minimum atomic E-state index is -1.56. The summed E-state index contributed by atoms with van der Waals surface area (Å²) in [7, 11) is 4.91. The number of imidazole rings is 1. The lowest BCUT2D eigenvalue weighted by molar-refractivity contribution is -0.119. The molecule has 0 radical (unpaired) electrons. The Labute approximate surface area is 255 Å². The number of rotatable bonds is 5. The lowest BCUT2D eigenvalue weighted by Crippen LogP contribution is -2.51. The van der Waals surface area contributed by atoms with Gasteiger partial charge in [-0.3, -0.25) is 19.3 Å². The van der Waals surface area contributed by atoms with Gasteiger partial charge in [0.1, 0.15) is 11.6 Å². The Morgan fingerprint density at radius 1 is 1.05 bits per heavy atom. The van der Waals surface area contributed by atoms with Crippen molar-refractivity contribution in [2.75, 3.05) is 31.4 Å². The molecule has 0 saturated heterocycles. The molecule has 1 atom stereocenters. The predicted octanol–water partition coefficient (Wildman–Crippen LogP) is 5.97. The number of hydrogen-bond donors (Lipinski definition) is 1. The molecule has 220 valence electrons. The number of carbonyl (C=O) groups is 3. The number of methoxy groups -OCH3 is 1. The van der Waals surface area contributed by atoms with Crippen molar-refractivity contribution >= 4 is 40.7 Å². The Kier molecular flexibility index (Phi) is 6.61. The molecular weight excluding hydrogens is 566 g/mol. The number of anilines is 2. The van der Waals surface area contributed by atoms with Gasteiger partial charge in [0.25, 0.3) is 17.7 Å². The first-order chi connectivity index (χ1) is 20.4.